The van der Waals surface area contributed by atoms with E-state index in [2.05, 4.69) is 37.5 Å². The molecule has 1 saturated heterocycles. The number of hydrogen-bond donors (Lipinski definition) is 2. The van der Waals surface area contributed by atoms with Crippen LogP contribution >= 0.6 is 0 Å². The van der Waals surface area contributed by atoms with E-state index < -0.39 is 23.5 Å². The van der Waals surface area contributed by atoms with Crippen molar-refractivity contribution in [2.75, 3.05) is 33.8 Å². The monoisotopic (exact) mass is 433 g/mol. The molecule has 0 spiro atoms. The van der Waals surface area contributed by atoms with E-state index >= 15 is 0 Å². The number of ether oxygens (including phenoxy) is 1. The van der Waals surface area contributed by atoms with Gasteiger partial charge in [0.2, 0.25) is 0 Å². The maximum absolute atomic E-state index is 12.7. The van der Waals surface area contributed by atoms with Gasteiger partial charge in [-0.25, -0.2) is 9.59 Å². The average molecular weight is 434 g/mol. The molecule has 1 heterocycles. The minimum absolute atomic E-state index is 0.0919. The van der Waals surface area contributed by atoms with Gasteiger partial charge in [-0.2, -0.15) is 0 Å². The normalized spacial score (nSPS) is 19.2. The maximum atomic E-state index is 12.7. The van der Waals surface area contributed by atoms with Crippen LogP contribution in [0.3, 0.4) is 0 Å². The molecular weight excluding hydrogens is 404 g/mol. The molecule has 1 aliphatic carbocycles. The number of benzene rings is 2. The second kappa shape index (κ2) is 8.33. The molecule has 0 aromatic heterocycles. The minimum atomic E-state index is -1.19. The van der Waals surface area contributed by atoms with E-state index in [1.165, 1.54) is 0 Å². The number of alkyl carbamates (subject to hydrolysis) is 1. The van der Waals surface area contributed by atoms with E-state index in [4.69, 9.17) is 11.2 Å². The number of piperidine rings is 1. The second-order valence-electron chi connectivity index (χ2n) is 9.42. The second-order valence-corrected chi connectivity index (χ2v) is 9.42. The number of aliphatic carboxylic acids is 1. The number of carboxylic acid groups (broad SMARTS) is 1. The van der Waals surface area contributed by atoms with E-state index in [9.17, 15) is 14.7 Å². The van der Waals surface area contributed by atoms with Crippen molar-refractivity contribution in [2.24, 2.45) is 5.41 Å². The fourth-order valence-corrected chi connectivity index (χ4v) is 4.95. The smallest absolute Gasteiger partial charge is 0.407 e. The lowest BCUT2D eigenvalue weighted by Gasteiger charge is -2.44. The van der Waals surface area contributed by atoms with Crippen molar-refractivity contribution in [1.82, 2.24) is 5.32 Å². The van der Waals surface area contributed by atoms with Gasteiger partial charge in [-0.1, -0.05) is 54.5 Å². The van der Waals surface area contributed by atoms with Crippen LogP contribution in [0.2, 0.25) is 0 Å². The van der Waals surface area contributed by atoms with Crippen LogP contribution in [0.1, 0.15) is 29.9 Å². The van der Waals surface area contributed by atoms with Gasteiger partial charge in [0.15, 0.2) is 0 Å². The molecule has 0 radical (unpaired) electrons. The summed E-state index contributed by atoms with van der Waals surface area (Å²) in [7, 11) is 4.18. The van der Waals surface area contributed by atoms with Crippen LogP contribution in [0.15, 0.2) is 48.5 Å². The zero-order valence-corrected chi connectivity index (χ0v) is 18.5. The van der Waals surface area contributed by atoms with Gasteiger partial charge in [0.1, 0.15) is 12.6 Å². The van der Waals surface area contributed by atoms with Crippen molar-refractivity contribution in [2.45, 2.75) is 24.8 Å². The van der Waals surface area contributed by atoms with E-state index in [1.54, 1.807) is 0 Å². The first kappa shape index (κ1) is 21.9. The molecule has 1 fully saturated rings. The fourth-order valence-electron chi connectivity index (χ4n) is 4.95. The van der Waals surface area contributed by atoms with Gasteiger partial charge in [-0.15, -0.1) is 6.42 Å². The topological polar surface area (TPSA) is 75.6 Å². The Labute approximate surface area is 188 Å². The van der Waals surface area contributed by atoms with Gasteiger partial charge in [0, 0.05) is 18.8 Å². The molecule has 6 nitrogen and oxygen atoms in total. The molecule has 1 atom stereocenters. The van der Waals surface area contributed by atoms with Gasteiger partial charge in [-0.05, 0) is 22.3 Å². The number of nitrogens with zero attached hydrogens (tertiary/aromatic N) is 1. The lowest BCUT2D eigenvalue weighted by atomic mass is 9.72. The molecule has 2 aromatic rings. The Morgan fingerprint density at radius 3 is 2.16 bits per heavy atom. The Morgan fingerprint density at radius 1 is 1.12 bits per heavy atom. The number of terminal acetylenes is 1. The van der Waals surface area contributed by atoms with Crippen molar-refractivity contribution in [3.05, 3.63) is 59.7 Å². The highest BCUT2D eigenvalue weighted by molar-refractivity contribution is 5.82. The Bertz CT molecular complexity index is 1030. The van der Waals surface area contributed by atoms with Crippen LogP contribution in [0, 0.1) is 17.8 Å². The third-order valence-electron chi connectivity index (χ3n) is 7.02. The summed E-state index contributed by atoms with van der Waals surface area (Å²) in [6.45, 7) is 1.62. The van der Waals surface area contributed by atoms with Gasteiger partial charge in [0.05, 0.1) is 32.6 Å². The molecule has 0 bridgehead atoms. The maximum Gasteiger partial charge on any atom is 0.407 e. The highest BCUT2D eigenvalue weighted by atomic mass is 16.5. The fraction of sp³-hybridized carbons (Fsp3) is 0.385. The first-order valence-corrected chi connectivity index (χ1v) is 10.9. The largest absolute Gasteiger partial charge is 0.480 e. The van der Waals surface area contributed by atoms with Crippen LogP contribution in [0.25, 0.3) is 11.1 Å². The molecule has 0 saturated carbocycles. The zero-order chi connectivity index (χ0) is 22.9. The highest BCUT2D eigenvalue weighted by Gasteiger charge is 2.48. The Balaban J connectivity index is 1.47. The molecule has 6 heteroatoms. The van der Waals surface area contributed by atoms with Crippen molar-refractivity contribution in [3.8, 4) is 23.5 Å². The van der Waals surface area contributed by atoms with Crippen molar-refractivity contribution >= 4 is 12.1 Å². The third kappa shape index (κ3) is 3.96. The summed E-state index contributed by atoms with van der Waals surface area (Å²) in [5.74, 6) is 1.48. The van der Waals surface area contributed by atoms with Crippen molar-refractivity contribution in [3.63, 3.8) is 0 Å². The number of carbonyl (C=O) groups is 2. The summed E-state index contributed by atoms with van der Waals surface area (Å²) in [6.07, 6.45) is 6.10. The summed E-state index contributed by atoms with van der Waals surface area (Å²) in [4.78, 5) is 24.8. The van der Waals surface area contributed by atoms with Crippen LogP contribution in [0.4, 0.5) is 4.79 Å². The number of likely N-dealkylation sites (tertiary alicyclic amines) is 1. The molecule has 32 heavy (non-hydrogen) atoms. The van der Waals surface area contributed by atoms with E-state index in [1.807, 2.05) is 36.4 Å². The summed E-state index contributed by atoms with van der Waals surface area (Å²) < 4.78 is 6.33. The molecule has 166 valence electrons. The molecule has 4 rings (SSSR count). The zero-order valence-electron chi connectivity index (χ0n) is 18.5. The molecule has 2 aromatic carbocycles. The first-order valence-electron chi connectivity index (χ1n) is 10.9. The highest BCUT2D eigenvalue weighted by Crippen LogP contribution is 2.44. The van der Waals surface area contributed by atoms with E-state index in [0.717, 1.165) is 39.8 Å². The minimum Gasteiger partial charge on any atom is -0.480 e. The molecule has 1 aliphatic heterocycles. The SMILES string of the molecule is C#CC1([C@H](NC(=O)OCC2c3ccccc3-c3ccccc32)C(=O)O)CC[N+](C)(C)CC1. The number of carbonyl (C=O) groups excluding carboxylic acids is 1. The predicted octanol–water partition coefficient (Wildman–Crippen LogP) is 3.47. The average Bonchev–Trinajstić information content (AvgIpc) is 3.10. The summed E-state index contributed by atoms with van der Waals surface area (Å²) in [6, 6.07) is 14.9. The number of quaternary nitrogens is 1. The molecular formula is C26H29N2O4+. The number of fused-ring (bicyclic) bond motifs is 3. The van der Waals surface area contributed by atoms with Gasteiger partial charge >= 0.3 is 12.1 Å². The van der Waals surface area contributed by atoms with Gasteiger partial charge in [0.25, 0.3) is 0 Å². The third-order valence-corrected chi connectivity index (χ3v) is 7.02. The summed E-state index contributed by atoms with van der Waals surface area (Å²) in [5, 5.41) is 12.4. The number of nitrogens with one attached hydrogen (secondary N) is 1. The Kier molecular flexibility index (Phi) is 5.70. The van der Waals surface area contributed by atoms with Gasteiger partial charge < -0.3 is 19.6 Å². The summed E-state index contributed by atoms with van der Waals surface area (Å²) in [5.41, 5.74) is 3.54. The van der Waals surface area contributed by atoms with Gasteiger partial charge in [-0.3, -0.25) is 0 Å². The van der Waals surface area contributed by atoms with Crippen LogP contribution < -0.4 is 5.32 Å². The van der Waals surface area contributed by atoms with Crippen LogP contribution in [-0.2, 0) is 9.53 Å². The quantitative estimate of drug-likeness (QED) is 0.559. The first-order chi connectivity index (χ1) is 15.3. The van der Waals surface area contributed by atoms with Crippen molar-refractivity contribution in [1.29, 1.82) is 0 Å². The predicted molar refractivity (Wildman–Crippen MR) is 122 cm³/mol. The van der Waals surface area contributed by atoms with Crippen LogP contribution in [-0.4, -0.2) is 61.5 Å². The molecule has 1 amide bonds. The van der Waals surface area contributed by atoms with Crippen molar-refractivity contribution < 1.29 is 23.9 Å². The number of hydrogen-bond acceptors (Lipinski definition) is 3. The number of rotatable bonds is 5. The standard InChI is InChI=1S/C26H28N2O4/c1-4-26(13-15-28(2,3)16-14-26)23(24(29)30)27-25(31)32-17-22-20-11-7-5-9-18(20)19-10-6-8-12-21(19)22/h1,5-12,22-23H,13-17H2,2-3H3,(H-,27,29,30,31)/p+1/t23-/m1/s1. The number of carboxylic acids is 1. The van der Waals surface area contributed by atoms with E-state index in [-0.39, 0.29) is 12.5 Å². The Morgan fingerprint density at radius 2 is 1.66 bits per heavy atom. The number of amides is 1. The summed E-state index contributed by atoms with van der Waals surface area (Å²) >= 11 is 0. The van der Waals surface area contributed by atoms with E-state index in [0.29, 0.717) is 12.8 Å². The molecule has 0 unspecified atom stereocenters. The lowest BCUT2D eigenvalue weighted by molar-refractivity contribution is -0.897. The lowest BCUT2D eigenvalue weighted by Crippen LogP contribution is -2.59. The molecule has 2 N–H and O–H groups in total. The molecule has 2 aliphatic rings. The van der Waals surface area contributed by atoms with Crippen LogP contribution in [0.5, 0.6) is 0 Å². The Hall–Kier alpha value is -3.30.